The maximum atomic E-state index is 13.0. The lowest BCUT2D eigenvalue weighted by Crippen LogP contribution is -2.16. The van der Waals surface area contributed by atoms with Gasteiger partial charge in [-0.15, -0.1) is 5.10 Å². The summed E-state index contributed by atoms with van der Waals surface area (Å²) in [6, 6.07) is 11.0. The minimum atomic E-state index is -0.365. The molecule has 3 rings (SSSR count). The van der Waals surface area contributed by atoms with E-state index >= 15 is 0 Å². The molecule has 1 amide bonds. The van der Waals surface area contributed by atoms with E-state index in [1.165, 1.54) is 0 Å². The van der Waals surface area contributed by atoms with Gasteiger partial charge in [0.25, 0.3) is 5.91 Å². The van der Waals surface area contributed by atoms with Crippen LogP contribution in [0.3, 0.4) is 0 Å². The van der Waals surface area contributed by atoms with Crippen LogP contribution in [0.2, 0.25) is 0 Å². The van der Waals surface area contributed by atoms with Gasteiger partial charge in [0.1, 0.15) is 22.9 Å². The molecule has 2 aromatic carbocycles. The molecule has 0 fully saturated rings. The zero-order valence-electron chi connectivity index (χ0n) is 18.3. The second-order valence-electron chi connectivity index (χ2n) is 8.00. The molecule has 0 saturated carbocycles. The summed E-state index contributed by atoms with van der Waals surface area (Å²) in [7, 11) is 3.15. The van der Waals surface area contributed by atoms with Crippen LogP contribution in [0.1, 0.15) is 42.5 Å². The summed E-state index contributed by atoms with van der Waals surface area (Å²) in [6.45, 7) is 8.07. The largest absolute Gasteiger partial charge is 0.497 e. The van der Waals surface area contributed by atoms with Crippen molar-refractivity contribution in [3.63, 3.8) is 0 Å². The van der Waals surface area contributed by atoms with Crippen LogP contribution in [0, 0.1) is 6.92 Å². The Bertz CT molecular complexity index is 1110. The van der Waals surface area contributed by atoms with E-state index in [0.29, 0.717) is 34.3 Å². The quantitative estimate of drug-likeness (QED) is 0.453. The van der Waals surface area contributed by atoms with Gasteiger partial charge in [-0.2, -0.15) is 0 Å². The van der Waals surface area contributed by atoms with Crippen molar-refractivity contribution >= 4 is 34.6 Å². The molecule has 1 aromatic heterocycles. The first-order chi connectivity index (χ1) is 14.7. The Balaban J connectivity index is 1.95. The van der Waals surface area contributed by atoms with Gasteiger partial charge in [-0.05, 0) is 42.2 Å². The highest BCUT2D eigenvalue weighted by molar-refractivity contribution is 14.1. The number of benzene rings is 2. The normalized spacial score (nSPS) is 11.2. The minimum absolute atomic E-state index is 0.105. The number of hydrogen-bond donors (Lipinski definition) is 1. The molecule has 8 nitrogen and oxygen atoms in total. The predicted octanol–water partition coefficient (Wildman–Crippen LogP) is 4.87. The summed E-state index contributed by atoms with van der Waals surface area (Å²) in [5, 5.41) is 11.2. The Kier molecular flexibility index (Phi) is 6.73. The van der Waals surface area contributed by atoms with Crippen LogP contribution < -0.4 is 17.9 Å². The van der Waals surface area contributed by atoms with Crippen molar-refractivity contribution in [1.82, 2.24) is 15.0 Å². The molecule has 1 N–H and O–H groups in total. The number of hydrogen-bond acceptors (Lipinski definition) is 6. The van der Waals surface area contributed by atoms with E-state index in [4.69, 9.17) is 12.5 Å². The lowest BCUT2D eigenvalue weighted by molar-refractivity contribution is 0.102. The van der Waals surface area contributed by atoms with E-state index in [0.717, 1.165) is 5.56 Å². The SMILES string of the molecule is COc1ccc(OC)c(-n2nnc(C(=O)Nc3cc(OI)cc(C(C)(C)C)c3)c2C)c1. The molecule has 0 aliphatic heterocycles. The summed E-state index contributed by atoms with van der Waals surface area (Å²) < 4.78 is 17.7. The van der Waals surface area contributed by atoms with Gasteiger partial charge in [0, 0.05) is 17.8 Å². The van der Waals surface area contributed by atoms with Gasteiger partial charge in [0.05, 0.1) is 19.9 Å². The Labute approximate surface area is 195 Å². The third-order valence-corrected chi connectivity index (χ3v) is 5.35. The molecule has 0 spiro atoms. The van der Waals surface area contributed by atoms with Gasteiger partial charge in [0.15, 0.2) is 28.7 Å². The number of methoxy groups -OCH3 is 2. The topological polar surface area (TPSA) is 87.5 Å². The van der Waals surface area contributed by atoms with Crippen LogP contribution in [0.15, 0.2) is 36.4 Å². The van der Waals surface area contributed by atoms with Crippen molar-refractivity contribution in [1.29, 1.82) is 0 Å². The fourth-order valence-electron chi connectivity index (χ4n) is 3.07. The van der Waals surface area contributed by atoms with Crippen molar-refractivity contribution in [2.24, 2.45) is 0 Å². The highest BCUT2D eigenvalue weighted by Gasteiger charge is 2.21. The first-order valence-electron chi connectivity index (χ1n) is 9.58. The molecular weight excluding hydrogens is 511 g/mol. The van der Waals surface area contributed by atoms with Crippen LogP contribution in [-0.2, 0) is 5.41 Å². The number of nitrogens with one attached hydrogen (secondary N) is 1. The first kappa shape index (κ1) is 22.9. The predicted molar refractivity (Wildman–Crippen MR) is 127 cm³/mol. The van der Waals surface area contributed by atoms with Crippen molar-refractivity contribution in [3.8, 4) is 22.9 Å². The molecule has 1 heterocycles. The smallest absolute Gasteiger partial charge is 0.278 e. The van der Waals surface area contributed by atoms with Crippen molar-refractivity contribution in [2.45, 2.75) is 33.1 Å². The molecule has 9 heteroatoms. The number of nitrogens with zero attached hydrogens (tertiary/aromatic N) is 3. The first-order valence-corrected chi connectivity index (χ1v) is 10.5. The number of amides is 1. The summed E-state index contributed by atoms with van der Waals surface area (Å²) in [6.07, 6.45) is 0. The number of aromatic nitrogens is 3. The Morgan fingerprint density at radius 2 is 1.81 bits per heavy atom. The Morgan fingerprint density at radius 1 is 1.06 bits per heavy atom. The van der Waals surface area contributed by atoms with E-state index in [-0.39, 0.29) is 17.0 Å². The third kappa shape index (κ3) is 4.92. The third-order valence-electron chi connectivity index (χ3n) is 4.84. The second kappa shape index (κ2) is 9.13. The van der Waals surface area contributed by atoms with Gasteiger partial charge in [-0.3, -0.25) is 4.79 Å². The van der Waals surface area contributed by atoms with Crippen molar-refractivity contribution < 1.29 is 17.3 Å². The van der Waals surface area contributed by atoms with E-state index < -0.39 is 0 Å². The van der Waals surface area contributed by atoms with Crippen LogP contribution in [0.4, 0.5) is 5.69 Å². The van der Waals surface area contributed by atoms with E-state index in [1.54, 1.807) is 50.1 Å². The zero-order valence-corrected chi connectivity index (χ0v) is 20.5. The summed E-state index contributed by atoms with van der Waals surface area (Å²) in [4.78, 5) is 13.0. The zero-order chi connectivity index (χ0) is 22.8. The number of carbonyl (C=O) groups is 1. The molecule has 0 saturated heterocycles. The molecule has 0 atom stereocenters. The Hall–Kier alpha value is -2.82. The van der Waals surface area contributed by atoms with Gasteiger partial charge in [0.2, 0.25) is 0 Å². The molecule has 0 aliphatic rings. The fourth-order valence-corrected chi connectivity index (χ4v) is 3.32. The van der Waals surface area contributed by atoms with E-state index in [9.17, 15) is 4.79 Å². The fraction of sp³-hybridized carbons (Fsp3) is 0.318. The van der Waals surface area contributed by atoms with Gasteiger partial charge >= 0.3 is 0 Å². The monoisotopic (exact) mass is 536 g/mol. The van der Waals surface area contributed by atoms with Gasteiger partial charge in [-0.1, -0.05) is 26.0 Å². The summed E-state index contributed by atoms with van der Waals surface area (Å²) in [5.41, 5.74) is 2.97. The van der Waals surface area contributed by atoms with Gasteiger partial charge in [-0.25, -0.2) is 4.68 Å². The van der Waals surface area contributed by atoms with Crippen molar-refractivity contribution in [2.75, 3.05) is 19.5 Å². The number of anilines is 1. The minimum Gasteiger partial charge on any atom is -0.497 e. The van der Waals surface area contributed by atoms with Crippen LogP contribution in [-0.4, -0.2) is 35.1 Å². The molecule has 0 aliphatic carbocycles. The van der Waals surface area contributed by atoms with Crippen LogP contribution in [0.25, 0.3) is 5.69 Å². The maximum Gasteiger partial charge on any atom is 0.278 e. The van der Waals surface area contributed by atoms with Crippen LogP contribution in [0.5, 0.6) is 17.2 Å². The van der Waals surface area contributed by atoms with Crippen LogP contribution >= 0.6 is 23.0 Å². The molecule has 0 unspecified atom stereocenters. The number of halogens is 1. The second-order valence-corrected chi connectivity index (χ2v) is 8.44. The molecule has 31 heavy (non-hydrogen) atoms. The number of rotatable bonds is 6. The standard InChI is InChI=1S/C22H25IN4O4/c1-13-20(25-26-27(13)18-12-16(29-5)7-8-19(18)30-6)21(28)24-15-9-14(22(2,3)4)10-17(11-15)31-23/h7-12H,1-6H3,(H,24,28). The average molecular weight is 536 g/mol. The highest BCUT2D eigenvalue weighted by Crippen LogP contribution is 2.31. The van der Waals surface area contributed by atoms with E-state index in [1.807, 2.05) is 35.1 Å². The number of carbonyl (C=O) groups excluding carboxylic acids is 1. The summed E-state index contributed by atoms with van der Waals surface area (Å²) >= 11 is 1.83. The lowest BCUT2D eigenvalue weighted by Gasteiger charge is -2.20. The molecule has 0 radical (unpaired) electrons. The van der Waals surface area contributed by atoms with E-state index in [2.05, 4.69) is 36.4 Å². The number of ether oxygens (including phenoxy) is 2. The Morgan fingerprint density at radius 3 is 2.42 bits per heavy atom. The van der Waals surface area contributed by atoms with Gasteiger partial charge < -0.3 is 17.9 Å². The molecule has 3 aromatic rings. The highest BCUT2D eigenvalue weighted by atomic mass is 127. The van der Waals surface area contributed by atoms with Crippen molar-refractivity contribution in [3.05, 3.63) is 53.3 Å². The summed E-state index contributed by atoms with van der Waals surface area (Å²) in [5.74, 6) is 1.52. The average Bonchev–Trinajstić information content (AvgIpc) is 3.13. The molecule has 164 valence electrons. The molecule has 0 bridgehead atoms. The maximum absolute atomic E-state index is 13.0. The lowest BCUT2D eigenvalue weighted by atomic mass is 9.86. The molecular formula is C22H25IN4O4.